The molecule has 0 aromatic carbocycles. The molecule has 3 atom stereocenters. The van der Waals surface area contributed by atoms with Crippen LogP contribution in [0, 0.1) is 11.8 Å². The maximum absolute atomic E-state index is 12.7. The van der Waals surface area contributed by atoms with Gasteiger partial charge in [0.15, 0.2) is 0 Å². The molecule has 0 saturated carbocycles. The molecule has 3 unspecified atom stereocenters. The molecule has 0 amide bonds. The lowest BCUT2D eigenvalue weighted by Gasteiger charge is -2.40. The van der Waals surface area contributed by atoms with Gasteiger partial charge in [-0.05, 0) is 38.5 Å². The summed E-state index contributed by atoms with van der Waals surface area (Å²) in [6, 6.07) is 0.00130. The van der Waals surface area contributed by atoms with Crippen LogP contribution in [0.5, 0.6) is 0 Å². The van der Waals surface area contributed by atoms with Gasteiger partial charge in [0.1, 0.15) is 0 Å². The van der Waals surface area contributed by atoms with E-state index in [-0.39, 0.29) is 12.6 Å². The second-order valence-corrected chi connectivity index (χ2v) is 8.03. The first-order valence-corrected chi connectivity index (χ1v) is 8.71. The molecule has 2 heterocycles. The molecule has 6 nitrogen and oxygen atoms in total. The van der Waals surface area contributed by atoms with Crippen molar-refractivity contribution in [1.82, 2.24) is 8.61 Å². The zero-order valence-electron chi connectivity index (χ0n) is 12.2. The standard InChI is InChI=1S/C13H24N2O4S/c1-10-5-6-11(2)15(8-10)20(18,19)14-7-3-4-12(9-14)13(16)17/h10-12H,3-9H2,1-2H3,(H,16,17). The molecule has 20 heavy (non-hydrogen) atoms. The van der Waals surface area contributed by atoms with Crippen molar-refractivity contribution in [2.75, 3.05) is 19.6 Å². The molecule has 7 heteroatoms. The van der Waals surface area contributed by atoms with E-state index in [0.717, 1.165) is 12.8 Å². The van der Waals surface area contributed by atoms with Crippen molar-refractivity contribution in [3.05, 3.63) is 0 Å². The van der Waals surface area contributed by atoms with E-state index in [4.69, 9.17) is 5.11 Å². The highest BCUT2D eigenvalue weighted by molar-refractivity contribution is 7.86. The Morgan fingerprint density at radius 2 is 1.85 bits per heavy atom. The van der Waals surface area contributed by atoms with Crippen LogP contribution in [0.4, 0.5) is 0 Å². The van der Waals surface area contributed by atoms with E-state index in [2.05, 4.69) is 6.92 Å². The summed E-state index contributed by atoms with van der Waals surface area (Å²) in [5, 5.41) is 9.09. The van der Waals surface area contributed by atoms with Crippen LogP contribution >= 0.6 is 0 Å². The Kier molecular flexibility index (Phi) is 4.71. The molecule has 0 radical (unpaired) electrons. The van der Waals surface area contributed by atoms with Crippen LogP contribution in [0.3, 0.4) is 0 Å². The van der Waals surface area contributed by atoms with Gasteiger partial charge in [0, 0.05) is 25.7 Å². The Hall–Kier alpha value is -0.660. The second kappa shape index (κ2) is 5.99. The van der Waals surface area contributed by atoms with Crippen molar-refractivity contribution < 1.29 is 18.3 Å². The molecule has 2 aliphatic rings. The van der Waals surface area contributed by atoms with E-state index in [0.29, 0.717) is 31.8 Å². The SMILES string of the molecule is CC1CCC(C)N(S(=O)(=O)N2CCCC(C(=O)O)C2)C1. The van der Waals surface area contributed by atoms with Crippen LogP contribution < -0.4 is 0 Å². The summed E-state index contributed by atoms with van der Waals surface area (Å²) in [6.07, 6.45) is 3.10. The van der Waals surface area contributed by atoms with Crippen molar-refractivity contribution >= 4 is 16.2 Å². The Labute approximate surface area is 120 Å². The summed E-state index contributed by atoms with van der Waals surface area (Å²) in [5.74, 6) is -1.11. The summed E-state index contributed by atoms with van der Waals surface area (Å²) in [4.78, 5) is 11.1. The van der Waals surface area contributed by atoms with Gasteiger partial charge in [-0.2, -0.15) is 17.0 Å². The number of aliphatic carboxylic acids is 1. The van der Waals surface area contributed by atoms with Crippen molar-refractivity contribution in [1.29, 1.82) is 0 Å². The number of carbonyl (C=O) groups is 1. The third kappa shape index (κ3) is 3.15. The third-order valence-electron chi connectivity index (χ3n) is 4.42. The fourth-order valence-corrected chi connectivity index (χ4v) is 5.10. The number of hydrogen-bond donors (Lipinski definition) is 1. The van der Waals surface area contributed by atoms with Crippen molar-refractivity contribution in [3.63, 3.8) is 0 Å². The smallest absolute Gasteiger partial charge is 0.307 e. The summed E-state index contributed by atoms with van der Waals surface area (Å²) in [7, 11) is -3.53. The van der Waals surface area contributed by atoms with E-state index in [1.807, 2.05) is 6.92 Å². The number of carboxylic acid groups (broad SMARTS) is 1. The Morgan fingerprint density at radius 1 is 1.15 bits per heavy atom. The van der Waals surface area contributed by atoms with Gasteiger partial charge in [-0.1, -0.05) is 6.92 Å². The minimum atomic E-state index is -3.53. The first kappa shape index (κ1) is 15.7. The normalized spacial score (nSPS) is 34.0. The van der Waals surface area contributed by atoms with Crippen LogP contribution in [0.25, 0.3) is 0 Å². The van der Waals surface area contributed by atoms with Gasteiger partial charge in [0.2, 0.25) is 0 Å². The maximum Gasteiger partial charge on any atom is 0.307 e. The molecular weight excluding hydrogens is 280 g/mol. The molecule has 2 fully saturated rings. The van der Waals surface area contributed by atoms with E-state index in [1.54, 1.807) is 4.31 Å². The van der Waals surface area contributed by atoms with E-state index in [1.165, 1.54) is 4.31 Å². The predicted molar refractivity (Wildman–Crippen MR) is 75.4 cm³/mol. The topological polar surface area (TPSA) is 77.9 Å². The summed E-state index contributed by atoms with van der Waals surface area (Å²) in [6.45, 7) is 5.07. The highest BCUT2D eigenvalue weighted by Gasteiger charge is 2.39. The average Bonchev–Trinajstić information content (AvgIpc) is 2.41. The molecule has 0 aromatic rings. The first-order chi connectivity index (χ1) is 9.32. The average molecular weight is 304 g/mol. The Morgan fingerprint density at radius 3 is 2.50 bits per heavy atom. The second-order valence-electron chi connectivity index (χ2n) is 6.14. The van der Waals surface area contributed by atoms with Crippen molar-refractivity contribution in [2.24, 2.45) is 11.8 Å². The lowest BCUT2D eigenvalue weighted by molar-refractivity contribution is -0.142. The molecule has 2 aliphatic heterocycles. The van der Waals surface area contributed by atoms with Crippen LogP contribution in [-0.4, -0.2) is 53.8 Å². The van der Waals surface area contributed by atoms with Gasteiger partial charge in [-0.3, -0.25) is 4.79 Å². The number of carboxylic acids is 1. The zero-order chi connectivity index (χ0) is 14.9. The maximum atomic E-state index is 12.7. The monoisotopic (exact) mass is 304 g/mol. The summed E-state index contributed by atoms with van der Waals surface area (Å²) in [5.41, 5.74) is 0. The van der Waals surface area contributed by atoms with Crippen molar-refractivity contribution in [3.8, 4) is 0 Å². The van der Waals surface area contributed by atoms with Gasteiger partial charge in [0.25, 0.3) is 10.2 Å². The van der Waals surface area contributed by atoms with E-state index < -0.39 is 22.1 Å². The predicted octanol–water partition coefficient (Wildman–Crippen LogP) is 1.15. The molecule has 0 aromatic heterocycles. The van der Waals surface area contributed by atoms with Gasteiger partial charge < -0.3 is 5.11 Å². The number of piperidine rings is 2. The highest BCUT2D eigenvalue weighted by Crippen LogP contribution is 2.28. The Bertz CT molecular complexity index is 465. The van der Waals surface area contributed by atoms with Gasteiger partial charge in [-0.15, -0.1) is 0 Å². The molecule has 2 saturated heterocycles. The van der Waals surface area contributed by atoms with Crippen LogP contribution in [0.1, 0.15) is 39.5 Å². The molecule has 1 N–H and O–H groups in total. The minimum absolute atomic E-state index is 0.00130. The summed E-state index contributed by atoms with van der Waals surface area (Å²) >= 11 is 0. The minimum Gasteiger partial charge on any atom is -0.481 e. The number of rotatable bonds is 3. The molecule has 116 valence electrons. The van der Waals surface area contributed by atoms with Crippen LogP contribution in [-0.2, 0) is 15.0 Å². The van der Waals surface area contributed by atoms with Crippen LogP contribution in [0.15, 0.2) is 0 Å². The fourth-order valence-electron chi connectivity index (χ4n) is 3.07. The molecule has 2 rings (SSSR count). The molecular formula is C13H24N2O4S. The lowest BCUT2D eigenvalue weighted by Crippen LogP contribution is -2.54. The first-order valence-electron chi connectivity index (χ1n) is 7.32. The largest absolute Gasteiger partial charge is 0.481 e. The quantitative estimate of drug-likeness (QED) is 0.848. The summed E-state index contributed by atoms with van der Waals surface area (Å²) < 4.78 is 28.4. The van der Waals surface area contributed by atoms with E-state index >= 15 is 0 Å². The Balaban J connectivity index is 2.14. The number of hydrogen-bond acceptors (Lipinski definition) is 3. The van der Waals surface area contributed by atoms with E-state index in [9.17, 15) is 13.2 Å². The van der Waals surface area contributed by atoms with Crippen molar-refractivity contribution in [2.45, 2.75) is 45.6 Å². The third-order valence-corrected chi connectivity index (χ3v) is 6.50. The lowest BCUT2D eigenvalue weighted by atomic mass is 9.97. The number of nitrogens with zero attached hydrogens (tertiary/aromatic N) is 2. The van der Waals surface area contributed by atoms with Gasteiger partial charge in [-0.25, -0.2) is 0 Å². The molecule has 0 spiro atoms. The molecule has 0 aliphatic carbocycles. The van der Waals surface area contributed by atoms with Crippen LogP contribution in [0.2, 0.25) is 0 Å². The fraction of sp³-hybridized carbons (Fsp3) is 0.923. The molecule has 0 bridgehead atoms. The highest BCUT2D eigenvalue weighted by atomic mass is 32.2. The van der Waals surface area contributed by atoms with Gasteiger partial charge in [0.05, 0.1) is 5.92 Å². The van der Waals surface area contributed by atoms with Gasteiger partial charge >= 0.3 is 5.97 Å². The zero-order valence-corrected chi connectivity index (χ0v) is 13.0.